The molecule has 0 unspecified atom stereocenters. The predicted molar refractivity (Wildman–Crippen MR) is 72.5 cm³/mol. The van der Waals surface area contributed by atoms with E-state index in [0.29, 0.717) is 16.3 Å². The second kappa shape index (κ2) is 6.06. The topological polar surface area (TPSA) is 89.3 Å². The number of halogens is 1. The highest BCUT2D eigenvalue weighted by atomic mass is 35.5. The third-order valence-corrected chi connectivity index (χ3v) is 4.24. The number of carbonyl (C=O) groups excluding carboxylic acids is 1. The summed E-state index contributed by atoms with van der Waals surface area (Å²) in [6.07, 6.45) is 0. The van der Waals surface area contributed by atoms with E-state index in [1.165, 1.54) is 18.2 Å². The summed E-state index contributed by atoms with van der Waals surface area (Å²) in [5, 5.41) is 2.87. The average Bonchev–Trinajstić information content (AvgIpc) is 2.27. The second-order valence-electron chi connectivity index (χ2n) is 3.77. The summed E-state index contributed by atoms with van der Waals surface area (Å²) in [6, 6.07) is 4.48. The smallest absolute Gasteiger partial charge is 0.251 e. The number of sulfone groups is 1. The average molecular weight is 291 g/mol. The largest absolute Gasteiger partial charge is 0.399 e. The van der Waals surface area contributed by atoms with Crippen molar-refractivity contribution in [3.05, 3.63) is 28.8 Å². The number of anilines is 1. The van der Waals surface area contributed by atoms with E-state index in [4.69, 9.17) is 17.3 Å². The highest BCUT2D eigenvalue weighted by molar-refractivity contribution is 7.91. The lowest BCUT2D eigenvalue weighted by Gasteiger charge is -2.06. The molecule has 5 nitrogen and oxygen atoms in total. The van der Waals surface area contributed by atoms with Crippen LogP contribution in [0.1, 0.15) is 17.3 Å². The Hall–Kier alpha value is -1.27. The molecule has 0 aliphatic rings. The van der Waals surface area contributed by atoms with E-state index in [1.807, 2.05) is 0 Å². The predicted octanol–water partition coefficient (Wildman–Crippen LogP) is 1.09. The Kier molecular flexibility index (Phi) is 4.98. The molecule has 0 saturated heterocycles. The summed E-state index contributed by atoms with van der Waals surface area (Å²) in [4.78, 5) is 11.7. The molecule has 0 bridgehead atoms. The van der Waals surface area contributed by atoms with E-state index in [0.717, 1.165) is 0 Å². The van der Waals surface area contributed by atoms with Gasteiger partial charge in [-0.25, -0.2) is 8.42 Å². The summed E-state index contributed by atoms with van der Waals surface area (Å²) in [5.74, 6) is -0.409. The third-order valence-electron chi connectivity index (χ3n) is 2.32. The molecule has 0 heterocycles. The Bertz CT molecular complexity index is 523. The summed E-state index contributed by atoms with van der Waals surface area (Å²) in [5.41, 5.74) is 6.25. The van der Waals surface area contributed by atoms with Crippen LogP contribution >= 0.6 is 11.6 Å². The van der Waals surface area contributed by atoms with Gasteiger partial charge < -0.3 is 11.1 Å². The summed E-state index contributed by atoms with van der Waals surface area (Å²) >= 11 is 5.77. The first-order valence-electron chi connectivity index (χ1n) is 5.39. The lowest BCUT2D eigenvalue weighted by atomic mass is 10.2. The molecule has 0 saturated carbocycles. The van der Waals surface area contributed by atoms with Gasteiger partial charge in [0.15, 0.2) is 9.84 Å². The number of benzene rings is 1. The van der Waals surface area contributed by atoms with Crippen molar-refractivity contribution in [2.75, 3.05) is 23.8 Å². The molecule has 1 rings (SSSR count). The molecule has 100 valence electrons. The molecule has 1 amide bonds. The van der Waals surface area contributed by atoms with Crippen LogP contribution in [0.3, 0.4) is 0 Å². The van der Waals surface area contributed by atoms with Gasteiger partial charge in [0.25, 0.3) is 5.91 Å². The van der Waals surface area contributed by atoms with E-state index in [-0.39, 0.29) is 18.1 Å². The first kappa shape index (κ1) is 14.8. The number of nitrogens with two attached hydrogens (primary N) is 1. The molecule has 0 radical (unpaired) electrons. The highest BCUT2D eigenvalue weighted by Crippen LogP contribution is 2.16. The van der Waals surface area contributed by atoms with Crippen LogP contribution in [0.25, 0.3) is 0 Å². The molecular weight excluding hydrogens is 276 g/mol. The van der Waals surface area contributed by atoms with E-state index in [2.05, 4.69) is 5.32 Å². The van der Waals surface area contributed by atoms with Gasteiger partial charge in [0, 0.05) is 28.6 Å². The van der Waals surface area contributed by atoms with Gasteiger partial charge in [-0.05, 0) is 18.2 Å². The maximum Gasteiger partial charge on any atom is 0.251 e. The molecule has 7 heteroatoms. The Labute approximate surface area is 111 Å². The number of amides is 1. The van der Waals surface area contributed by atoms with Crippen LogP contribution in [-0.2, 0) is 9.84 Å². The second-order valence-corrected chi connectivity index (χ2v) is 6.67. The number of nitrogens with one attached hydrogen (secondary N) is 1. The van der Waals surface area contributed by atoms with Crippen LogP contribution in [0.15, 0.2) is 18.2 Å². The van der Waals surface area contributed by atoms with Crippen molar-refractivity contribution in [1.82, 2.24) is 5.32 Å². The van der Waals surface area contributed by atoms with Gasteiger partial charge >= 0.3 is 0 Å². The lowest BCUT2D eigenvalue weighted by molar-refractivity contribution is 0.0956. The van der Waals surface area contributed by atoms with Crippen LogP contribution in [0.4, 0.5) is 5.69 Å². The lowest BCUT2D eigenvalue weighted by Crippen LogP contribution is -2.29. The molecule has 18 heavy (non-hydrogen) atoms. The van der Waals surface area contributed by atoms with Crippen LogP contribution in [0.2, 0.25) is 5.02 Å². The minimum atomic E-state index is -3.08. The van der Waals surface area contributed by atoms with Crippen molar-refractivity contribution in [2.24, 2.45) is 0 Å². The SMILES string of the molecule is CCS(=O)(=O)CCNC(=O)c1cc(N)cc(Cl)c1. The number of carbonyl (C=O) groups is 1. The van der Waals surface area contributed by atoms with E-state index in [1.54, 1.807) is 6.92 Å². The van der Waals surface area contributed by atoms with Crippen LogP contribution in [0, 0.1) is 0 Å². The molecule has 0 aromatic heterocycles. The first-order valence-corrected chi connectivity index (χ1v) is 7.58. The van der Waals surface area contributed by atoms with Crippen LogP contribution in [0.5, 0.6) is 0 Å². The van der Waals surface area contributed by atoms with E-state index in [9.17, 15) is 13.2 Å². The Morgan fingerprint density at radius 3 is 2.61 bits per heavy atom. The van der Waals surface area contributed by atoms with Gasteiger partial charge in [-0.2, -0.15) is 0 Å². The monoisotopic (exact) mass is 290 g/mol. The van der Waals surface area contributed by atoms with Gasteiger partial charge in [-0.15, -0.1) is 0 Å². The molecule has 0 fully saturated rings. The Balaban J connectivity index is 2.61. The number of nitrogen functional groups attached to an aromatic ring is 1. The quantitative estimate of drug-likeness (QED) is 0.794. The fraction of sp³-hybridized carbons (Fsp3) is 0.364. The number of rotatable bonds is 5. The van der Waals surface area contributed by atoms with Gasteiger partial charge in [-0.3, -0.25) is 4.79 Å². The third kappa shape index (κ3) is 4.54. The minimum absolute atomic E-state index is 0.0625. The molecule has 3 N–H and O–H groups in total. The van der Waals surface area contributed by atoms with Crippen molar-refractivity contribution in [3.63, 3.8) is 0 Å². The maximum atomic E-state index is 11.7. The normalized spacial score (nSPS) is 11.2. The fourth-order valence-corrected chi connectivity index (χ4v) is 2.26. The zero-order chi connectivity index (χ0) is 13.8. The molecule has 1 aromatic carbocycles. The van der Waals surface area contributed by atoms with Crippen LogP contribution in [-0.4, -0.2) is 32.4 Å². The van der Waals surface area contributed by atoms with E-state index >= 15 is 0 Å². The Morgan fingerprint density at radius 2 is 2.06 bits per heavy atom. The molecular formula is C11H15ClN2O3S. The van der Waals surface area contributed by atoms with Crippen molar-refractivity contribution >= 4 is 33.0 Å². The zero-order valence-electron chi connectivity index (χ0n) is 9.94. The maximum absolute atomic E-state index is 11.7. The standard InChI is InChI=1S/C11H15ClN2O3S/c1-2-18(16,17)4-3-14-11(15)8-5-9(12)7-10(13)6-8/h5-7H,2-4,13H2,1H3,(H,14,15). The van der Waals surface area contributed by atoms with Gasteiger partial charge in [0.1, 0.15) is 0 Å². The van der Waals surface area contributed by atoms with Gasteiger partial charge in [0.05, 0.1) is 5.75 Å². The van der Waals surface area contributed by atoms with Gasteiger partial charge in [0.2, 0.25) is 0 Å². The molecule has 0 aliphatic heterocycles. The summed E-state index contributed by atoms with van der Waals surface area (Å²) < 4.78 is 22.5. The van der Waals surface area contributed by atoms with Crippen molar-refractivity contribution in [1.29, 1.82) is 0 Å². The first-order chi connectivity index (χ1) is 8.34. The minimum Gasteiger partial charge on any atom is -0.399 e. The van der Waals surface area contributed by atoms with Crippen molar-refractivity contribution in [2.45, 2.75) is 6.92 Å². The molecule has 0 spiro atoms. The van der Waals surface area contributed by atoms with Crippen LogP contribution < -0.4 is 11.1 Å². The Morgan fingerprint density at radius 1 is 1.39 bits per heavy atom. The van der Waals surface area contributed by atoms with Crippen molar-refractivity contribution < 1.29 is 13.2 Å². The van der Waals surface area contributed by atoms with Crippen molar-refractivity contribution in [3.8, 4) is 0 Å². The highest BCUT2D eigenvalue weighted by Gasteiger charge is 2.10. The van der Waals surface area contributed by atoms with E-state index < -0.39 is 15.7 Å². The van der Waals surface area contributed by atoms with Gasteiger partial charge in [-0.1, -0.05) is 18.5 Å². The summed E-state index contributed by atoms with van der Waals surface area (Å²) in [6.45, 7) is 1.64. The zero-order valence-corrected chi connectivity index (χ0v) is 11.5. The molecule has 0 atom stereocenters. The molecule has 1 aromatic rings. The summed E-state index contributed by atoms with van der Waals surface area (Å²) in [7, 11) is -3.08. The molecule has 0 aliphatic carbocycles. The number of hydrogen-bond acceptors (Lipinski definition) is 4. The number of hydrogen-bond donors (Lipinski definition) is 2. The fourth-order valence-electron chi connectivity index (χ4n) is 1.31.